The molecule has 0 aromatic heterocycles. The molecule has 0 unspecified atom stereocenters. The van der Waals surface area contributed by atoms with Crippen LogP contribution in [0.5, 0.6) is 0 Å². The minimum absolute atomic E-state index is 0.150. The summed E-state index contributed by atoms with van der Waals surface area (Å²) >= 11 is 0. The lowest BCUT2D eigenvalue weighted by Crippen LogP contribution is -3.16. The molecule has 1 aliphatic carbocycles. The Morgan fingerprint density at radius 1 is 1.17 bits per heavy atom. The number of sulfonamides is 1. The van der Waals surface area contributed by atoms with Crippen LogP contribution in [0.3, 0.4) is 0 Å². The molecule has 4 rings (SSSR count). The topological polar surface area (TPSA) is 91.2 Å². The molecule has 1 atom stereocenters. The van der Waals surface area contributed by atoms with Crippen LogP contribution in [0.15, 0.2) is 23.1 Å². The number of amides is 3. The fourth-order valence-electron chi connectivity index (χ4n) is 4.35. The molecule has 0 radical (unpaired) electrons. The van der Waals surface area contributed by atoms with Crippen molar-refractivity contribution < 1.29 is 22.9 Å². The molecule has 3 fully saturated rings. The van der Waals surface area contributed by atoms with Gasteiger partial charge in [0.15, 0.2) is 6.67 Å². The van der Waals surface area contributed by atoms with Crippen molar-refractivity contribution in [3.05, 3.63) is 29.3 Å². The van der Waals surface area contributed by atoms with E-state index in [2.05, 4.69) is 5.32 Å². The summed E-state index contributed by atoms with van der Waals surface area (Å²) < 4.78 is 27.7. The van der Waals surface area contributed by atoms with Crippen molar-refractivity contribution in [2.45, 2.75) is 44.0 Å². The van der Waals surface area contributed by atoms with Gasteiger partial charge in [0.2, 0.25) is 10.0 Å². The summed E-state index contributed by atoms with van der Waals surface area (Å²) in [6, 6.07) is 5.13. The Labute approximate surface area is 171 Å². The molecule has 2 heterocycles. The van der Waals surface area contributed by atoms with Crippen molar-refractivity contribution in [3.8, 4) is 0 Å². The minimum Gasteiger partial charge on any atom is -0.323 e. The number of imide groups is 1. The molecule has 2 aliphatic heterocycles. The zero-order valence-electron chi connectivity index (χ0n) is 17.2. The van der Waals surface area contributed by atoms with Crippen molar-refractivity contribution >= 4 is 22.0 Å². The number of carbonyl (C=O) groups is 2. The maximum Gasteiger partial charge on any atom is 0.329 e. The Morgan fingerprint density at radius 3 is 2.45 bits per heavy atom. The molecule has 0 spiro atoms. The lowest BCUT2D eigenvalue weighted by atomic mass is 9.96. The van der Waals surface area contributed by atoms with E-state index in [0.717, 1.165) is 28.9 Å². The molecule has 1 aromatic carbocycles. The van der Waals surface area contributed by atoms with Gasteiger partial charge in [-0.05, 0) is 56.7 Å². The molecule has 0 bridgehead atoms. The van der Waals surface area contributed by atoms with Gasteiger partial charge < -0.3 is 10.2 Å². The van der Waals surface area contributed by atoms with Crippen LogP contribution in [0.25, 0.3) is 0 Å². The third kappa shape index (κ3) is 3.55. The van der Waals surface area contributed by atoms with Gasteiger partial charge in [-0.1, -0.05) is 12.1 Å². The van der Waals surface area contributed by atoms with Crippen molar-refractivity contribution in [1.29, 1.82) is 0 Å². The van der Waals surface area contributed by atoms with Crippen LogP contribution in [0.4, 0.5) is 4.79 Å². The van der Waals surface area contributed by atoms with Gasteiger partial charge in [0.05, 0.1) is 31.1 Å². The number of urea groups is 1. The van der Waals surface area contributed by atoms with Gasteiger partial charge in [-0.3, -0.25) is 4.79 Å². The van der Waals surface area contributed by atoms with Crippen molar-refractivity contribution in [2.24, 2.45) is 5.92 Å². The molecule has 1 saturated carbocycles. The van der Waals surface area contributed by atoms with Crippen molar-refractivity contribution in [2.75, 3.05) is 32.8 Å². The molecule has 3 aliphatic rings. The van der Waals surface area contributed by atoms with Crippen molar-refractivity contribution in [1.82, 2.24) is 14.5 Å². The summed E-state index contributed by atoms with van der Waals surface area (Å²) in [7, 11) is -3.55. The highest BCUT2D eigenvalue weighted by Crippen LogP contribution is 2.42. The molecule has 158 valence electrons. The number of rotatable bonds is 5. The van der Waals surface area contributed by atoms with Gasteiger partial charge in [-0.25, -0.2) is 18.1 Å². The first kappa shape index (κ1) is 20.3. The second-order valence-electron chi connectivity index (χ2n) is 8.72. The first-order valence-corrected chi connectivity index (χ1v) is 11.6. The van der Waals surface area contributed by atoms with Crippen LogP contribution < -0.4 is 10.2 Å². The SMILES string of the molecule is Cc1ccc(C)c(S(=O)(=O)N2CC[NH+](CN3C(=O)N[C@](C)(C4CC4)C3=O)CC2)c1. The van der Waals surface area contributed by atoms with Gasteiger partial charge in [-0.15, -0.1) is 0 Å². The molecule has 3 amide bonds. The van der Waals surface area contributed by atoms with Crippen LogP contribution in [0, 0.1) is 19.8 Å². The summed E-state index contributed by atoms with van der Waals surface area (Å²) in [5.41, 5.74) is 0.879. The fraction of sp³-hybridized carbons (Fsp3) is 0.600. The molecular formula is C20H29N4O4S+. The second-order valence-corrected chi connectivity index (χ2v) is 10.6. The van der Waals surface area contributed by atoms with E-state index in [0.29, 0.717) is 31.1 Å². The Hall–Kier alpha value is -1.97. The first-order chi connectivity index (χ1) is 13.6. The Balaban J connectivity index is 1.40. The predicted molar refractivity (Wildman–Crippen MR) is 107 cm³/mol. The number of nitrogens with zero attached hydrogens (tertiary/aromatic N) is 2. The van der Waals surface area contributed by atoms with E-state index in [1.807, 2.05) is 32.9 Å². The Morgan fingerprint density at radius 2 is 1.83 bits per heavy atom. The van der Waals surface area contributed by atoms with E-state index in [9.17, 15) is 18.0 Å². The Bertz CT molecular complexity index is 951. The molecule has 1 aromatic rings. The average molecular weight is 422 g/mol. The predicted octanol–water partition coefficient (Wildman–Crippen LogP) is -0.129. The number of carbonyl (C=O) groups excluding carboxylic acids is 2. The highest BCUT2D eigenvalue weighted by atomic mass is 32.2. The molecule has 8 nitrogen and oxygen atoms in total. The van der Waals surface area contributed by atoms with E-state index in [1.165, 1.54) is 9.21 Å². The van der Waals surface area contributed by atoms with Gasteiger partial charge in [0.1, 0.15) is 5.54 Å². The molecular weight excluding hydrogens is 392 g/mol. The van der Waals surface area contributed by atoms with Crippen molar-refractivity contribution in [3.63, 3.8) is 0 Å². The van der Waals surface area contributed by atoms with Gasteiger partial charge >= 0.3 is 6.03 Å². The largest absolute Gasteiger partial charge is 0.329 e. The van der Waals surface area contributed by atoms with Crippen LogP contribution >= 0.6 is 0 Å². The van der Waals surface area contributed by atoms with E-state index in [1.54, 1.807) is 6.07 Å². The van der Waals surface area contributed by atoms with E-state index >= 15 is 0 Å². The van der Waals surface area contributed by atoms with Gasteiger partial charge in [-0.2, -0.15) is 4.31 Å². The lowest BCUT2D eigenvalue weighted by Gasteiger charge is -2.33. The van der Waals surface area contributed by atoms with Crippen LogP contribution in [-0.2, 0) is 14.8 Å². The molecule has 29 heavy (non-hydrogen) atoms. The maximum atomic E-state index is 13.1. The summed E-state index contributed by atoms with van der Waals surface area (Å²) in [5, 5.41) is 2.87. The summed E-state index contributed by atoms with van der Waals surface area (Å²) in [5.74, 6) is 0.0847. The summed E-state index contributed by atoms with van der Waals surface area (Å²) in [4.78, 5) is 27.9. The van der Waals surface area contributed by atoms with Crippen LogP contribution in [-0.4, -0.2) is 67.9 Å². The first-order valence-electron chi connectivity index (χ1n) is 10.2. The minimum atomic E-state index is -3.55. The van der Waals surface area contributed by atoms with E-state index < -0.39 is 15.6 Å². The van der Waals surface area contributed by atoms with Gasteiger partial charge in [0, 0.05) is 0 Å². The summed E-state index contributed by atoms with van der Waals surface area (Å²) in [6.07, 6.45) is 1.94. The number of hydrogen-bond acceptors (Lipinski definition) is 4. The normalized spacial score (nSPS) is 26.8. The number of nitrogens with one attached hydrogen (secondary N) is 2. The highest BCUT2D eigenvalue weighted by molar-refractivity contribution is 7.89. The number of aryl methyl sites for hydroxylation is 2. The zero-order valence-corrected chi connectivity index (χ0v) is 18.0. The Kier molecular flexibility index (Phi) is 4.95. The average Bonchev–Trinajstić information content (AvgIpc) is 3.50. The number of quaternary nitrogens is 1. The third-order valence-electron chi connectivity index (χ3n) is 6.47. The van der Waals surface area contributed by atoms with E-state index in [-0.39, 0.29) is 24.5 Å². The zero-order chi connectivity index (χ0) is 21.0. The number of hydrogen-bond donors (Lipinski definition) is 2. The van der Waals surface area contributed by atoms with E-state index in [4.69, 9.17) is 0 Å². The highest BCUT2D eigenvalue weighted by Gasteiger charge is 2.56. The monoisotopic (exact) mass is 421 g/mol. The quantitative estimate of drug-likeness (QED) is 0.648. The lowest BCUT2D eigenvalue weighted by molar-refractivity contribution is -0.910. The summed E-state index contributed by atoms with van der Waals surface area (Å²) in [6.45, 7) is 7.64. The van der Waals surface area contributed by atoms with Crippen LogP contribution in [0.2, 0.25) is 0 Å². The van der Waals surface area contributed by atoms with Gasteiger partial charge in [0.25, 0.3) is 5.91 Å². The van der Waals surface area contributed by atoms with Crippen LogP contribution in [0.1, 0.15) is 30.9 Å². The number of benzene rings is 1. The number of piperazine rings is 1. The smallest absolute Gasteiger partial charge is 0.323 e. The molecule has 2 N–H and O–H groups in total. The standard InChI is InChI=1S/C20H28N4O4S/c1-14-4-5-15(2)17(12-14)29(27,28)23-10-8-22(9-11-23)13-24-18(25)20(3,16-6-7-16)21-19(24)26/h4-5,12,16H,6-11,13H2,1-3H3,(H,21,26)/p+1/t20-/m1/s1. The fourth-order valence-corrected chi connectivity index (χ4v) is 6.10. The third-order valence-corrected chi connectivity index (χ3v) is 8.51. The second kappa shape index (κ2) is 7.07. The maximum absolute atomic E-state index is 13.1. The molecule has 2 saturated heterocycles. The molecule has 9 heteroatoms.